The van der Waals surface area contributed by atoms with E-state index in [0.717, 1.165) is 44.6 Å². The van der Waals surface area contributed by atoms with Crippen molar-refractivity contribution in [3.05, 3.63) is 51.7 Å². The van der Waals surface area contributed by atoms with Crippen molar-refractivity contribution in [2.45, 2.75) is 26.3 Å². The molecule has 0 unspecified atom stereocenters. The first kappa shape index (κ1) is 17.0. The number of carbonyl (C=O) groups excluding carboxylic acids is 1. The lowest BCUT2D eigenvalue weighted by atomic mass is 9.96. The van der Waals surface area contributed by atoms with Crippen molar-refractivity contribution in [2.24, 2.45) is 5.92 Å². The fourth-order valence-electron chi connectivity index (χ4n) is 3.19. The molecule has 0 bridgehead atoms. The van der Waals surface area contributed by atoms with Gasteiger partial charge in [-0.15, -0.1) is 11.3 Å². The van der Waals surface area contributed by atoms with Crippen LogP contribution in [0.2, 0.25) is 0 Å². The highest BCUT2D eigenvalue weighted by Crippen LogP contribution is 2.20. The van der Waals surface area contributed by atoms with E-state index in [2.05, 4.69) is 27.7 Å². The van der Waals surface area contributed by atoms with Crippen molar-refractivity contribution in [1.82, 2.24) is 10.2 Å². The van der Waals surface area contributed by atoms with Gasteiger partial charge in [0.05, 0.1) is 0 Å². The standard InChI is InChI=1S/C19H25N3OS/c1-14-4-5-16(20)11-18(14)19(23)21-12-15-6-8-22(9-7-15)13-17-3-2-10-24-17/h2-5,10-11,15H,6-9,12-13,20H2,1H3,(H,21,23). The van der Waals surface area contributed by atoms with Crippen molar-refractivity contribution >= 4 is 22.9 Å². The number of nitrogens with one attached hydrogen (secondary N) is 1. The second-order valence-electron chi connectivity index (χ2n) is 6.58. The molecule has 2 heterocycles. The van der Waals surface area contributed by atoms with E-state index in [9.17, 15) is 4.79 Å². The van der Waals surface area contributed by atoms with E-state index in [-0.39, 0.29) is 5.91 Å². The molecule has 0 spiro atoms. The third-order valence-corrected chi connectivity index (χ3v) is 5.59. The van der Waals surface area contributed by atoms with Gasteiger partial charge in [-0.25, -0.2) is 0 Å². The monoisotopic (exact) mass is 343 g/mol. The number of nitrogens with two attached hydrogens (primary N) is 1. The molecular formula is C19H25N3OS. The summed E-state index contributed by atoms with van der Waals surface area (Å²) in [6.07, 6.45) is 2.28. The minimum Gasteiger partial charge on any atom is -0.399 e. The number of benzene rings is 1. The predicted molar refractivity (Wildman–Crippen MR) is 100 cm³/mol. The van der Waals surface area contributed by atoms with Gasteiger partial charge < -0.3 is 11.1 Å². The SMILES string of the molecule is Cc1ccc(N)cc1C(=O)NCC1CCN(Cc2cccs2)CC1. The number of nitrogens with zero attached hydrogens (tertiary/aromatic N) is 1. The summed E-state index contributed by atoms with van der Waals surface area (Å²) in [6, 6.07) is 9.79. The van der Waals surface area contributed by atoms with E-state index in [1.165, 1.54) is 4.88 Å². The summed E-state index contributed by atoms with van der Waals surface area (Å²) in [5, 5.41) is 5.22. The third-order valence-electron chi connectivity index (χ3n) is 4.72. The van der Waals surface area contributed by atoms with Gasteiger partial charge in [-0.1, -0.05) is 12.1 Å². The van der Waals surface area contributed by atoms with Crippen molar-refractivity contribution in [1.29, 1.82) is 0 Å². The van der Waals surface area contributed by atoms with Crippen LogP contribution in [0, 0.1) is 12.8 Å². The number of amides is 1. The molecule has 1 aromatic heterocycles. The Hall–Kier alpha value is -1.85. The predicted octanol–water partition coefficient (Wildman–Crippen LogP) is 3.28. The molecule has 0 radical (unpaired) electrons. The summed E-state index contributed by atoms with van der Waals surface area (Å²) in [5.41, 5.74) is 8.07. The Morgan fingerprint density at radius 2 is 2.12 bits per heavy atom. The van der Waals surface area contributed by atoms with Crippen molar-refractivity contribution in [3.8, 4) is 0 Å². The van der Waals surface area contributed by atoms with E-state index in [0.29, 0.717) is 17.2 Å². The molecule has 1 aromatic carbocycles. The van der Waals surface area contributed by atoms with E-state index in [4.69, 9.17) is 5.73 Å². The topological polar surface area (TPSA) is 58.4 Å². The van der Waals surface area contributed by atoms with Gasteiger partial charge in [0.1, 0.15) is 0 Å². The molecule has 128 valence electrons. The molecule has 1 fully saturated rings. The Kier molecular flexibility index (Phi) is 5.53. The number of aryl methyl sites for hydroxylation is 1. The minimum absolute atomic E-state index is 0.0131. The lowest BCUT2D eigenvalue weighted by Gasteiger charge is -2.31. The normalized spacial score (nSPS) is 16.2. The van der Waals surface area contributed by atoms with Gasteiger partial charge in [-0.05, 0) is 67.9 Å². The van der Waals surface area contributed by atoms with Crippen LogP contribution < -0.4 is 11.1 Å². The van der Waals surface area contributed by atoms with Crippen LogP contribution in [0.15, 0.2) is 35.7 Å². The fraction of sp³-hybridized carbons (Fsp3) is 0.421. The lowest BCUT2D eigenvalue weighted by molar-refractivity contribution is 0.0935. The maximum Gasteiger partial charge on any atom is 0.251 e. The Morgan fingerprint density at radius 3 is 2.83 bits per heavy atom. The highest BCUT2D eigenvalue weighted by atomic mass is 32.1. The van der Waals surface area contributed by atoms with Crippen molar-refractivity contribution in [3.63, 3.8) is 0 Å². The average molecular weight is 343 g/mol. The molecule has 24 heavy (non-hydrogen) atoms. The van der Waals surface area contributed by atoms with Gasteiger partial charge in [0, 0.05) is 29.2 Å². The van der Waals surface area contributed by atoms with E-state index < -0.39 is 0 Å². The molecule has 3 rings (SSSR count). The molecule has 3 N–H and O–H groups in total. The molecule has 5 heteroatoms. The first-order chi connectivity index (χ1) is 11.6. The van der Waals surface area contributed by atoms with Crippen LogP contribution >= 0.6 is 11.3 Å². The lowest BCUT2D eigenvalue weighted by Crippen LogP contribution is -2.38. The summed E-state index contributed by atoms with van der Waals surface area (Å²) in [7, 11) is 0. The third kappa shape index (κ3) is 4.36. The summed E-state index contributed by atoms with van der Waals surface area (Å²) < 4.78 is 0. The molecule has 1 amide bonds. The Labute approximate surface area is 147 Å². The van der Waals surface area contributed by atoms with Crippen LogP contribution in [-0.4, -0.2) is 30.4 Å². The van der Waals surface area contributed by atoms with Gasteiger partial charge in [-0.3, -0.25) is 9.69 Å². The number of likely N-dealkylation sites (tertiary alicyclic amines) is 1. The second-order valence-corrected chi connectivity index (χ2v) is 7.62. The number of hydrogen-bond acceptors (Lipinski definition) is 4. The summed E-state index contributed by atoms with van der Waals surface area (Å²) >= 11 is 1.82. The smallest absolute Gasteiger partial charge is 0.251 e. The number of anilines is 1. The van der Waals surface area contributed by atoms with Gasteiger partial charge in [0.15, 0.2) is 0 Å². The summed E-state index contributed by atoms with van der Waals surface area (Å²) in [6.45, 7) is 5.96. The second kappa shape index (κ2) is 7.81. The number of carbonyl (C=O) groups is 1. The molecule has 1 aliphatic heterocycles. The number of piperidine rings is 1. The van der Waals surface area contributed by atoms with E-state index in [1.54, 1.807) is 6.07 Å². The van der Waals surface area contributed by atoms with E-state index in [1.807, 2.05) is 30.4 Å². The van der Waals surface area contributed by atoms with Gasteiger partial charge >= 0.3 is 0 Å². The molecule has 0 saturated carbocycles. The van der Waals surface area contributed by atoms with Gasteiger partial charge in [0.25, 0.3) is 5.91 Å². The molecule has 1 saturated heterocycles. The van der Waals surface area contributed by atoms with Crippen molar-refractivity contribution < 1.29 is 4.79 Å². The van der Waals surface area contributed by atoms with Crippen LogP contribution in [0.1, 0.15) is 33.6 Å². The molecule has 2 aromatic rings. The maximum atomic E-state index is 12.4. The highest BCUT2D eigenvalue weighted by molar-refractivity contribution is 7.09. The molecule has 0 atom stereocenters. The van der Waals surface area contributed by atoms with Crippen LogP contribution in [0.25, 0.3) is 0 Å². The highest BCUT2D eigenvalue weighted by Gasteiger charge is 2.20. The van der Waals surface area contributed by atoms with Crippen molar-refractivity contribution in [2.75, 3.05) is 25.4 Å². The zero-order valence-corrected chi connectivity index (χ0v) is 14.9. The Balaban J connectivity index is 1.44. The number of nitrogen functional groups attached to an aromatic ring is 1. The Morgan fingerprint density at radius 1 is 1.33 bits per heavy atom. The molecule has 0 aliphatic carbocycles. The first-order valence-corrected chi connectivity index (χ1v) is 9.39. The number of thiophene rings is 1. The zero-order valence-electron chi connectivity index (χ0n) is 14.1. The maximum absolute atomic E-state index is 12.4. The zero-order chi connectivity index (χ0) is 16.9. The molecule has 1 aliphatic rings. The number of rotatable bonds is 5. The van der Waals surface area contributed by atoms with Gasteiger partial charge in [0.2, 0.25) is 0 Å². The fourth-order valence-corrected chi connectivity index (χ4v) is 3.93. The van der Waals surface area contributed by atoms with Gasteiger partial charge in [-0.2, -0.15) is 0 Å². The quantitative estimate of drug-likeness (QED) is 0.819. The molecule has 4 nitrogen and oxygen atoms in total. The van der Waals surface area contributed by atoms with Crippen LogP contribution in [0.4, 0.5) is 5.69 Å². The molecular weight excluding hydrogens is 318 g/mol. The summed E-state index contributed by atoms with van der Waals surface area (Å²) in [5.74, 6) is 0.552. The van der Waals surface area contributed by atoms with E-state index >= 15 is 0 Å². The largest absolute Gasteiger partial charge is 0.399 e. The summed E-state index contributed by atoms with van der Waals surface area (Å²) in [4.78, 5) is 16.3. The van der Waals surface area contributed by atoms with Crippen LogP contribution in [0.5, 0.6) is 0 Å². The average Bonchev–Trinajstić information content (AvgIpc) is 3.09. The van der Waals surface area contributed by atoms with Crippen LogP contribution in [0.3, 0.4) is 0 Å². The van der Waals surface area contributed by atoms with Crippen LogP contribution in [-0.2, 0) is 6.54 Å². The minimum atomic E-state index is -0.0131. The Bertz CT molecular complexity index is 676. The first-order valence-electron chi connectivity index (χ1n) is 8.51. The number of hydrogen-bond donors (Lipinski definition) is 2.